The normalized spacial score (nSPS) is 11.0. The Bertz CT molecular complexity index is 843. The summed E-state index contributed by atoms with van der Waals surface area (Å²) in [5, 5.41) is 10.1. The van der Waals surface area contributed by atoms with E-state index in [-0.39, 0.29) is 12.5 Å². The van der Waals surface area contributed by atoms with Crippen molar-refractivity contribution < 1.29 is 14.3 Å². The summed E-state index contributed by atoms with van der Waals surface area (Å²) in [5.41, 5.74) is 1.97. The number of amides is 1. The summed E-state index contributed by atoms with van der Waals surface area (Å²) in [6, 6.07) is 13.0. The van der Waals surface area contributed by atoms with Crippen LogP contribution in [0, 0.1) is 0 Å². The first kappa shape index (κ1) is 17.2. The number of unbranched alkanes of at least 4 members (excludes halogenated alkanes) is 1. The van der Waals surface area contributed by atoms with Crippen LogP contribution in [0.25, 0.3) is 22.4 Å². The lowest BCUT2D eigenvalue weighted by atomic mass is 10.1. The molecule has 0 radical (unpaired) electrons. The van der Waals surface area contributed by atoms with Gasteiger partial charge in [-0.15, -0.1) is 0 Å². The van der Waals surface area contributed by atoms with Crippen molar-refractivity contribution in [3.05, 3.63) is 54.3 Å². The van der Waals surface area contributed by atoms with Crippen LogP contribution >= 0.6 is 0 Å². The molecule has 1 amide bonds. The smallest absolute Gasteiger partial charge is 0.254 e. The number of hydrogen-bond acceptors (Lipinski definition) is 4. The second-order valence-electron chi connectivity index (χ2n) is 5.92. The summed E-state index contributed by atoms with van der Waals surface area (Å²) < 4.78 is 5.45. The van der Waals surface area contributed by atoms with E-state index in [1.165, 1.54) is 0 Å². The van der Waals surface area contributed by atoms with Gasteiger partial charge in [0.1, 0.15) is 5.69 Å². The number of aromatic nitrogens is 1. The summed E-state index contributed by atoms with van der Waals surface area (Å²) in [6.45, 7) is 2.98. The van der Waals surface area contributed by atoms with E-state index in [0.29, 0.717) is 30.1 Å². The monoisotopic (exact) mass is 338 g/mol. The lowest BCUT2D eigenvalue weighted by molar-refractivity contribution is 0.0721. The number of aliphatic hydroxyl groups excluding tert-OH is 1. The van der Waals surface area contributed by atoms with E-state index in [9.17, 15) is 9.90 Å². The molecule has 0 aliphatic carbocycles. The first-order chi connectivity index (χ1) is 12.2. The molecule has 0 aliphatic heterocycles. The molecule has 0 unspecified atom stereocenters. The van der Waals surface area contributed by atoms with Crippen LogP contribution in [0.1, 0.15) is 30.1 Å². The third-order valence-electron chi connectivity index (χ3n) is 4.16. The molecule has 25 heavy (non-hydrogen) atoms. The largest absolute Gasteiger partial charge is 0.463 e. The van der Waals surface area contributed by atoms with E-state index >= 15 is 0 Å². The molecule has 0 atom stereocenters. The minimum atomic E-state index is -0.0890. The Kier molecular flexibility index (Phi) is 5.46. The number of hydrogen-bond donors (Lipinski definition) is 1. The first-order valence-corrected chi connectivity index (χ1v) is 8.58. The second kappa shape index (κ2) is 7.94. The number of nitrogens with zero attached hydrogens (tertiary/aromatic N) is 2. The number of carbonyl (C=O) groups excluding carboxylic acids is 1. The van der Waals surface area contributed by atoms with Gasteiger partial charge in [0.05, 0.1) is 24.0 Å². The molecule has 0 bridgehead atoms. The van der Waals surface area contributed by atoms with Gasteiger partial charge in [0.25, 0.3) is 5.91 Å². The Balaban J connectivity index is 2.08. The number of furan rings is 1. The third-order valence-corrected chi connectivity index (χ3v) is 4.16. The van der Waals surface area contributed by atoms with E-state index in [1.54, 1.807) is 23.3 Å². The van der Waals surface area contributed by atoms with Crippen LogP contribution in [-0.4, -0.2) is 40.6 Å². The molecule has 2 aromatic heterocycles. The zero-order valence-electron chi connectivity index (χ0n) is 14.3. The Morgan fingerprint density at radius 1 is 1.20 bits per heavy atom. The highest BCUT2D eigenvalue weighted by molar-refractivity contribution is 6.07. The van der Waals surface area contributed by atoms with E-state index in [0.717, 1.165) is 23.7 Å². The number of fused-ring (bicyclic) bond motifs is 1. The standard InChI is InChI=1S/C20H22N2O3/c1-2-3-10-22(11-12-23)20(24)16-14-18(19-9-6-13-25-19)21-17-8-5-4-7-15(16)17/h4-9,13-14,23H,2-3,10-12H2,1H3. The maximum atomic E-state index is 13.1. The molecule has 5 heteroatoms. The zero-order valence-corrected chi connectivity index (χ0v) is 14.3. The maximum absolute atomic E-state index is 13.1. The van der Waals surface area contributed by atoms with Crippen LogP contribution in [-0.2, 0) is 0 Å². The van der Waals surface area contributed by atoms with Gasteiger partial charge in [-0.3, -0.25) is 4.79 Å². The number of pyridine rings is 1. The minimum absolute atomic E-state index is 0.0521. The van der Waals surface area contributed by atoms with Crippen molar-refractivity contribution in [2.24, 2.45) is 0 Å². The van der Waals surface area contributed by atoms with E-state index in [4.69, 9.17) is 4.42 Å². The predicted molar refractivity (Wildman–Crippen MR) is 97.3 cm³/mol. The molecule has 3 rings (SSSR count). The molecule has 2 heterocycles. The average molecular weight is 338 g/mol. The molecule has 3 aromatic rings. The van der Waals surface area contributed by atoms with Crippen LogP contribution in [0.2, 0.25) is 0 Å². The fraction of sp³-hybridized carbons (Fsp3) is 0.300. The van der Waals surface area contributed by atoms with Crippen molar-refractivity contribution in [2.75, 3.05) is 19.7 Å². The number of benzene rings is 1. The Morgan fingerprint density at radius 3 is 2.76 bits per heavy atom. The molecule has 0 fully saturated rings. The maximum Gasteiger partial charge on any atom is 0.254 e. The highest BCUT2D eigenvalue weighted by Gasteiger charge is 2.20. The summed E-state index contributed by atoms with van der Waals surface area (Å²) >= 11 is 0. The van der Waals surface area contributed by atoms with Gasteiger partial charge in [-0.1, -0.05) is 31.5 Å². The SMILES string of the molecule is CCCCN(CCO)C(=O)c1cc(-c2ccco2)nc2ccccc12. The highest BCUT2D eigenvalue weighted by Crippen LogP contribution is 2.26. The molecule has 1 aromatic carbocycles. The lowest BCUT2D eigenvalue weighted by Gasteiger charge is -2.22. The average Bonchev–Trinajstić information content (AvgIpc) is 3.18. The van der Waals surface area contributed by atoms with Crippen LogP contribution in [0.15, 0.2) is 53.1 Å². The Labute approximate surface area is 146 Å². The van der Waals surface area contributed by atoms with Crippen molar-refractivity contribution in [3.8, 4) is 11.5 Å². The number of rotatable bonds is 7. The van der Waals surface area contributed by atoms with Crippen LogP contribution in [0.4, 0.5) is 0 Å². The van der Waals surface area contributed by atoms with Crippen LogP contribution in [0.3, 0.4) is 0 Å². The predicted octanol–water partition coefficient (Wildman–Crippen LogP) is 3.73. The van der Waals surface area contributed by atoms with Gasteiger partial charge in [0.2, 0.25) is 0 Å². The molecular weight excluding hydrogens is 316 g/mol. The summed E-state index contributed by atoms with van der Waals surface area (Å²) in [5.74, 6) is 0.538. The van der Waals surface area contributed by atoms with Crippen molar-refractivity contribution in [2.45, 2.75) is 19.8 Å². The molecular formula is C20H22N2O3. The van der Waals surface area contributed by atoms with Gasteiger partial charge in [-0.2, -0.15) is 0 Å². The Hall–Kier alpha value is -2.66. The topological polar surface area (TPSA) is 66.6 Å². The molecule has 0 spiro atoms. The Morgan fingerprint density at radius 2 is 2.04 bits per heavy atom. The molecule has 5 nitrogen and oxygen atoms in total. The number of para-hydroxylation sites is 1. The van der Waals surface area contributed by atoms with Gasteiger partial charge in [0.15, 0.2) is 5.76 Å². The van der Waals surface area contributed by atoms with Gasteiger partial charge in [-0.05, 0) is 30.7 Å². The lowest BCUT2D eigenvalue weighted by Crippen LogP contribution is -2.34. The third kappa shape index (κ3) is 3.72. The summed E-state index contributed by atoms with van der Waals surface area (Å²) in [7, 11) is 0. The summed E-state index contributed by atoms with van der Waals surface area (Å²) in [4.78, 5) is 19.5. The van der Waals surface area contributed by atoms with Gasteiger partial charge >= 0.3 is 0 Å². The zero-order chi connectivity index (χ0) is 17.6. The van der Waals surface area contributed by atoms with E-state index in [1.807, 2.05) is 30.3 Å². The number of carbonyl (C=O) groups is 1. The molecule has 130 valence electrons. The second-order valence-corrected chi connectivity index (χ2v) is 5.92. The first-order valence-electron chi connectivity index (χ1n) is 8.58. The van der Waals surface area contributed by atoms with Gasteiger partial charge < -0.3 is 14.4 Å². The molecule has 0 aliphatic rings. The van der Waals surface area contributed by atoms with Crippen LogP contribution in [0.5, 0.6) is 0 Å². The molecule has 0 saturated carbocycles. The molecule has 1 N–H and O–H groups in total. The van der Waals surface area contributed by atoms with Crippen molar-refractivity contribution in [1.82, 2.24) is 9.88 Å². The minimum Gasteiger partial charge on any atom is -0.463 e. The van der Waals surface area contributed by atoms with Crippen molar-refractivity contribution >= 4 is 16.8 Å². The highest BCUT2D eigenvalue weighted by atomic mass is 16.3. The summed E-state index contributed by atoms with van der Waals surface area (Å²) in [6.07, 6.45) is 3.48. The quantitative estimate of drug-likeness (QED) is 0.713. The number of aliphatic hydroxyl groups is 1. The van der Waals surface area contributed by atoms with E-state index < -0.39 is 0 Å². The van der Waals surface area contributed by atoms with Gasteiger partial charge in [-0.25, -0.2) is 4.98 Å². The van der Waals surface area contributed by atoms with Crippen molar-refractivity contribution in [3.63, 3.8) is 0 Å². The van der Waals surface area contributed by atoms with Crippen molar-refractivity contribution in [1.29, 1.82) is 0 Å². The fourth-order valence-electron chi connectivity index (χ4n) is 2.86. The van der Waals surface area contributed by atoms with Crippen LogP contribution < -0.4 is 0 Å². The van der Waals surface area contributed by atoms with E-state index in [2.05, 4.69) is 11.9 Å². The molecule has 0 saturated heterocycles. The van der Waals surface area contributed by atoms with Gasteiger partial charge in [0, 0.05) is 18.5 Å². The fourth-order valence-corrected chi connectivity index (χ4v) is 2.86.